The summed E-state index contributed by atoms with van der Waals surface area (Å²) in [4.78, 5) is 6.89. The third kappa shape index (κ3) is 4.16. The average Bonchev–Trinajstić information content (AvgIpc) is 2.86. The Labute approximate surface area is 123 Å². The molecule has 0 bridgehead atoms. The van der Waals surface area contributed by atoms with Crippen molar-refractivity contribution in [2.24, 2.45) is 0 Å². The number of hydrogen-bond acceptors (Lipinski definition) is 6. The van der Waals surface area contributed by atoms with E-state index in [-0.39, 0.29) is 10.9 Å². The summed E-state index contributed by atoms with van der Waals surface area (Å²) in [5.74, 6) is -0.0186. The molecule has 21 heavy (non-hydrogen) atoms. The minimum atomic E-state index is -3.45. The number of sulfone groups is 1. The molecule has 0 unspecified atom stereocenters. The fraction of sp³-hybridized carbons (Fsp3) is 0.462. The van der Waals surface area contributed by atoms with E-state index >= 15 is 0 Å². The van der Waals surface area contributed by atoms with Gasteiger partial charge in [0.05, 0.1) is 30.0 Å². The lowest BCUT2D eigenvalue weighted by Crippen LogP contribution is -2.12. The van der Waals surface area contributed by atoms with Crippen LogP contribution < -0.4 is 5.73 Å². The molecule has 0 amide bonds. The highest BCUT2D eigenvalue weighted by Gasteiger charge is 2.18. The van der Waals surface area contributed by atoms with E-state index in [1.165, 1.54) is 0 Å². The molecular formula is C13H19N3O4S. The molecule has 3 N–H and O–H groups in total. The fourth-order valence-electron chi connectivity index (χ4n) is 1.84. The summed E-state index contributed by atoms with van der Waals surface area (Å²) in [6.07, 6.45) is 0.408. The summed E-state index contributed by atoms with van der Waals surface area (Å²) in [6.45, 7) is 1.33. The van der Waals surface area contributed by atoms with Crippen LogP contribution in [0.2, 0.25) is 0 Å². The van der Waals surface area contributed by atoms with Crippen LogP contribution in [-0.4, -0.2) is 51.1 Å². The summed E-state index contributed by atoms with van der Waals surface area (Å²) < 4.78 is 34.4. The number of imidazole rings is 1. The molecule has 2 aromatic rings. The van der Waals surface area contributed by atoms with Crippen molar-refractivity contribution in [3.05, 3.63) is 18.2 Å². The van der Waals surface area contributed by atoms with Gasteiger partial charge < -0.3 is 20.2 Å². The Morgan fingerprint density at radius 1 is 1.29 bits per heavy atom. The zero-order valence-corrected chi connectivity index (χ0v) is 12.6. The van der Waals surface area contributed by atoms with Gasteiger partial charge in [-0.3, -0.25) is 0 Å². The highest BCUT2D eigenvalue weighted by molar-refractivity contribution is 7.91. The van der Waals surface area contributed by atoms with Gasteiger partial charge >= 0.3 is 0 Å². The Hall–Kier alpha value is -1.64. The number of methoxy groups -OCH3 is 1. The van der Waals surface area contributed by atoms with Crippen LogP contribution in [0.15, 0.2) is 23.4 Å². The monoisotopic (exact) mass is 313 g/mol. The first-order valence-corrected chi connectivity index (χ1v) is 8.23. The molecule has 0 aliphatic carbocycles. The molecule has 0 saturated heterocycles. The second-order valence-corrected chi connectivity index (χ2v) is 6.62. The van der Waals surface area contributed by atoms with Crippen molar-refractivity contribution in [3.63, 3.8) is 0 Å². The highest BCUT2D eigenvalue weighted by atomic mass is 32.2. The molecule has 0 aliphatic heterocycles. The summed E-state index contributed by atoms with van der Waals surface area (Å²) in [7, 11) is -1.86. The maximum atomic E-state index is 12.2. The predicted octanol–water partition coefficient (Wildman–Crippen LogP) is 0.972. The lowest BCUT2D eigenvalue weighted by molar-refractivity contribution is 0.0712. The molecule has 2 rings (SSSR count). The number of H-pyrrole nitrogens is 1. The van der Waals surface area contributed by atoms with Crippen LogP contribution in [0.3, 0.4) is 0 Å². The van der Waals surface area contributed by atoms with Gasteiger partial charge in [-0.25, -0.2) is 13.4 Å². The number of rotatable bonds is 8. The van der Waals surface area contributed by atoms with Gasteiger partial charge in [0.2, 0.25) is 15.0 Å². The first kappa shape index (κ1) is 15.7. The summed E-state index contributed by atoms with van der Waals surface area (Å²) in [5.41, 5.74) is 7.41. The second kappa shape index (κ2) is 6.88. The largest absolute Gasteiger partial charge is 0.399 e. The molecule has 0 radical (unpaired) electrons. The van der Waals surface area contributed by atoms with Crippen LogP contribution in [0.4, 0.5) is 5.69 Å². The zero-order valence-electron chi connectivity index (χ0n) is 11.8. The normalized spacial score (nSPS) is 12.0. The number of fused-ring (bicyclic) bond motifs is 1. The van der Waals surface area contributed by atoms with E-state index in [0.717, 1.165) is 0 Å². The average molecular weight is 313 g/mol. The quantitative estimate of drug-likeness (QED) is 0.555. The maximum Gasteiger partial charge on any atom is 0.226 e. The number of nitrogens with two attached hydrogens (primary N) is 1. The van der Waals surface area contributed by atoms with Gasteiger partial charge in [-0.2, -0.15) is 0 Å². The topological polar surface area (TPSA) is 107 Å². The third-order valence-corrected chi connectivity index (χ3v) is 4.52. The molecule has 1 aromatic heterocycles. The van der Waals surface area contributed by atoms with Crippen molar-refractivity contribution >= 4 is 26.6 Å². The molecular weight excluding hydrogens is 294 g/mol. The van der Waals surface area contributed by atoms with Crippen molar-refractivity contribution in [2.45, 2.75) is 11.6 Å². The summed E-state index contributed by atoms with van der Waals surface area (Å²) in [6, 6.07) is 5.03. The first-order chi connectivity index (χ1) is 10.0. The van der Waals surface area contributed by atoms with Crippen LogP contribution in [0.1, 0.15) is 6.42 Å². The number of benzene rings is 1. The molecule has 0 atom stereocenters. The third-order valence-electron chi connectivity index (χ3n) is 2.91. The molecule has 116 valence electrons. The number of aromatic amines is 1. The standard InChI is InChI=1S/C13H19N3O4S/c1-19-6-7-20-5-2-8-21(17,18)13-15-11-4-3-10(14)9-12(11)16-13/h3-4,9H,2,5-8,14H2,1H3,(H,15,16). The highest BCUT2D eigenvalue weighted by Crippen LogP contribution is 2.18. The number of hydrogen-bond donors (Lipinski definition) is 2. The van der Waals surface area contributed by atoms with Crippen molar-refractivity contribution in [3.8, 4) is 0 Å². The summed E-state index contributed by atoms with van der Waals surface area (Å²) in [5, 5.41) is -0.0278. The van der Waals surface area contributed by atoms with E-state index in [4.69, 9.17) is 15.2 Å². The van der Waals surface area contributed by atoms with Crippen LogP contribution in [0.25, 0.3) is 11.0 Å². The van der Waals surface area contributed by atoms with E-state index in [1.54, 1.807) is 25.3 Å². The van der Waals surface area contributed by atoms with Crippen LogP contribution >= 0.6 is 0 Å². The Morgan fingerprint density at radius 3 is 2.86 bits per heavy atom. The van der Waals surface area contributed by atoms with E-state index in [1.807, 2.05) is 0 Å². The summed E-state index contributed by atoms with van der Waals surface area (Å²) >= 11 is 0. The molecule has 0 saturated carbocycles. The minimum absolute atomic E-state index is 0.0186. The lowest BCUT2D eigenvalue weighted by atomic mass is 10.3. The number of nitrogens with one attached hydrogen (secondary N) is 1. The smallest absolute Gasteiger partial charge is 0.226 e. The van der Waals surface area contributed by atoms with Gasteiger partial charge in [-0.05, 0) is 24.6 Å². The molecule has 0 fully saturated rings. The number of aromatic nitrogens is 2. The minimum Gasteiger partial charge on any atom is -0.399 e. The lowest BCUT2D eigenvalue weighted by Gasteiger charge is -2.03. The van der Waals surface area contributed by atoms with Crippen molar-refractivity contribution in [1.82, 2.24) is 9.97 Å². The molecule has 0 spiro atoms. The van der Waals surface area contributed by atoms with Crippen molar-refractivity contribution in [1.29, 1.82) is 0 Å². The maximum absolute atomic E-state index is 12.2. The first-order valence-electron chi connectivity index (χ1n) is 6.57. The number of nitrogen functional groups attached to an aromatic ring is 1. The Morgan fingerprint density at radius 2 is 2.10 bits per heavy atom. The van der Waals surface area contributed by atoms with Crippen LogP contribution in [0, 0.1) is 0 Å². The van der Waals surface area contributed by atoms with Gasteiger partial charge in [0.25, 0.3) is 0 Å². The van der Waals surface area contributed by atoms with Crippen molar-refractivity contribution in [2.75, 3.05) is 38.4 Å². The van der Waals surface area contributed by atoms with Gasteiger partial charge in [-0.1, -0.05) is 0 Å². The zero-order chi connectivity index (χ0) is 15.3. The number of nitrogens with zero attached hydrogens (tertiary/aromatic N) is 1. The second-order valence-electron chi connectivity index (χ2n) is 4.60. The fourth-order valence-corrected chi connectivity index (χ4v) is 3.04. The molecule has 7 nitrogen and oxygen atoms in total. The molecule has 8 heteroatoms. The Bertz CT molecular complexity index is 697. The number of ether oxygens (including phenoxy) is 2. The van der Waals surface area contributed by atoms with E-state index in [9.17, 15) is 8.42 Å². The Balaban J connectivity index is 1.97. The van der Waals surface area contributed by atoms with E-state index in [2.05, 4.69) is 9.97 Å². The van der Waals surface area contributed by atoms with Gasteiger partial charge in [0, 0.05) is 19.4 Å². The molecule has 1 aromatic carbocycles. The van der Waals surface area contributed by atoms with E-state index in [0.29, 0.717) is 43.0 Å². The van der Waals surface area contributed by atoms with Gasteiger partial charge in [0.1, 0.15) is 0 Å². The van der Waals surface area contributed by atoms with Crippen LogP contribution in [0.5, 0.6) is 0 Å². The Kier molecular flexibility index (Phi) is 5.16. The van der Waals surface area contributed by atoms with Crippen molar-refractivity contribution < 1.29 is 17.9 Å². The molecule has 1 heterocycles. The van der Waals surface area contributed by atoms with Gasteiger partial charge in [-0.15, -0.1) is 0 Å². The van der Waals surface area contributed by atoms with Crippen LogP contribution in [-0.2, 0) is 19.3 Å². The van der Waals surface area contributed by atoms with Gasteiger partial charge in [0.15, 0.2) is 0 Å². The molecule has 0 aliphatic rings. The number of anilines is 1. The predicted molar refractivity (Wildman–Crippen MR) is 79.9 cm³/mol. The SMILES string of the molecule is COCCOCCCS(=O)(=O)c1nc2ccc(N)cc2[nH]1. The van der Waals surface area contributed by atoms with E-state index < -0.39 is 9.84 Å².